The molecule has 2 aliphatic heterocycles. The topological polar surface area (TPSA) is 64.5 Å². The SMILES string of the molecule is CCC1(O)CCN(c2nc(Nc3ccc(SC4CC5(CCN(C(C)C)CC5)C4)cc3C)ncc2C(F)(F)F)CC1. The van der Waals surface area contributed by atoms with Gasteiger partial charge in [0.05, 0.1) is 5.60 Å². The Kier molecular flexibility index (Phi) is 8.34. The summed E-state index contributed by atoms with van der Waals surface area (Å²) >= 11 is 1.94. The Morgan fingerprint density at radius 1 is 1.10 bits per heavy atom. The number of anilines is 3. The van der Waals surface area contributed by atoms with E-state index in [0.717, 1.165) is 17.4 Å². The van der Waals surface area contributed by atoms with E-state index in [2.05, 4.69) is 46.2 Å². The molecule has 3 heterocycles. The van der Waals surface area contributed by atoms with Gasteiger partial charge in [-0.2, -0.15) is 18.2 Å². The van der Waals surface area contributed by atoms with E-state index in [4.69, 9.17) is 0 Å². The smallest absolute Gasteiger partial charge is 0.390 e. The molecular formula is C30H42F3N5OS. The maximum Gasteiger partial charge on any atom is 0.421 e. The van der Waals surface area contributed by atoms with E-state index >= 15 is 0 Å². The van der Waals surface area contributed by atoms with Crippen LogP contribution in [0.1, 0.15) is 76.8 Å². The fourth-order valence-corrected chi connectivity index (χ4v) is 8.09. The van der Waals surface area contributed by atoms with Crippen LogP contribution in [0.5, 0.6) is 0 Å². The Labute approximate surface area is 240 Å². The molecule has 3 aliphatic rings. The molecule has 1 aliphatic carbocycles. The van der Waals surface area contributed by atoms with E-state index in [9.17, 15) is 18.3 Å². The van der Waals surface area contributed by atoms with Crippen molar-refractivity contribution in [3.8, 4) is 0 Å². The number of piperidine rings is 2. The summed E-state index contributed by atoms with van der Waals surface area (Å²) in [5, 5.41) is 14.3. The maximum absolute atomic E-state index is 13.8. The maximum atomic E-state index is 13.8. The summed E-state index contributed by atoms with van der Waals surface area (Å²) in [6, 6.07) is 6.81. The lowest BCUT2D eigenvalue weighted by Crippen LogP contribution is -2.49. The summed E-state index contributed by atoms with van der Waals surface area (Å²) in [6.07, 6.45) is 2.85. The number of hydrogen-bond acceptors (Lipinski definition) is 7. The second kappa shape index (κ2) is 11.3. The van der Waals surface area contributed by atoms with Gasteiger partial charge in [0.25, 0.3) is 0 Å². The zero-order valence-corrected chi connectivity index (χ0v) is 24.8. The summed E-state index contributed by atoms with van der Waals surface area (Å²) in [5.74, 6) is 0.00243. The van der Waals surface area contributed by atoms with Gasteiger partial charge in [-0.25, -0.2) is 4.98 Å². The number of rotatable bonds is 7. The Morgan fingerprint density at radius 2 is 1.77 bits per heavy atom. The average molecular weight is 578 g/mol. The highest BCUT2D eigenvalue weighted by molar-refractivity contribution is 8.00. The van der Waals surface area contributed by atoms with Gasteiger partial charge < -0.3 is 20.2 Å². The molecule has 0 amide bonds. The number of likely N-dealkylation sites (tertiary alicyclic amines) is 1. The van der Waals surface area contributed by atoms with Crippen LogP contribution in [-0.4, -0.2) is 63.0 Å². The van der Waals surface area contributed by atoms with Gasteiger partial charge in [0, 0.05) is 41.2 Å². The van der Waals surface area contributed by atoms with Crippen molar-refractivity contribution in [3.63, 3.8) is 0 Å². The molecule has 2 N–H and O–H groups in total. The molecule has 0 bridgehead atoms. The molecular weight excluding hydrogens is 535 g/mol. The molecule has 10 heteroatoms. The first-order valence-electron chi connectivity index (χ1n) is 14.6. The standard InChI is InChI=1S/C30H42F3N5OS/c1-5-29(39)10-14-38(15-11-29)26-24(30(31,32)33)19-34-27(36-26)35-25-7-6-22(16-21(25)4)40-23-17-28(18-23)8-12-37(13-9-28)20(2)3/h6-7,16,19-20,23,39H,5,8-15,17-18H2,1-4H3,(H,34,35,36). The van der Waals surface area contributed by atoms with Crippen molar-refractivity contribution in [2.24, 2.45) is 5.41 Å². The lowest BCUT2D eigenvalue weighted by molar-refractivity contribution is -0.137. The second-order valence-electron chi connectivity index (χ2n) is 12.4. The summed E-state index contributed by atoms with van der Waals surface area (Å²) in [7, 11) is 0. The zero-order valence-electron chi connectivity index (χ0n) is 24.0. The molecule has 2 saturated heterocycles. The van der Waals surface area contributed by atoms with Gasteiger partial charge in [-0.1, -0.05) is 6.92 Å². The van der Waals surface area contributed by atoms with Crippen LogP contribution in [0.25, 0.3) is 0 Å². The van der Waals surface area contributed by atoms with E-state index in [1.807, 2.05) is 31.7 Å². The van der Waals surface area contributed by atoms with Gasteiger partial charge in [-0.15, -0.1) is 11.8 Å². The fourth-order valence-electron chi connectivity index (χ4n) is 6.44. The van der Waals surface area contributed by atoms with Crippen LogP contribution in [0.3, 0.4) is 0 Å². The molecule has 1 aromatic carbocycles. The van der Waals surface area contributed by atoms with Crippen LogP contribution in [0.15, 0.2) is 29.3 Å². The molecule has 0 atom stereocenters. The van der Waals surface area contributed by atoms with Crippen molar-refractivity contribution >= 4 is 29.2 Å². The summed E-state index contributed by atoms with van der Waals surface area (Å²) in [4.78, 5) is 13.8. The van der Waals surface area contributed by atoms with Gasteiger partial charge in [0.1, 0.15) is 11.4 Å². The molecule has 1 spiro atoms. The van der Waals surface area contributed by atoms with Gasteiger partial charge in [0.2, 0.25) is 5.95 Å². The van der Waals surface area contributed by atoms with Gasteiger partial charge >= 0.3 is 6.18 Å². The van der Waals surface area contributed by atoms with E-state index in [0.29, 0.717) is 49.1 Å². The Bertz CT molecular complexity index is 1180. The third-order valence-electron chi connectivity index (χ3n) is 9.38. The van der Waals surface area contributed by atoms with Crippen LogP contribution >= 0.6 is 11.8 Å². The first-order valence-corrected chi connectivity index (χ1v) is 15.5. The van der Waals surface area contributed by atoms with Crippen molar-refractivity contribution in [3.05, 3.63) is 35.5 Å². The monoisotopic (exact) mass is 577 g/mol. The number of nitrogens with zero attached hydrogens (tertiary/aromatic N) is 4. The highest BCUT2D eigenvalue weighted by Gasteiger charge is 2.46. The predicted molar refractivity (Wildman–Crippen MR) is 155 cm³/mol. The molecule has 220 valence electrons. The molecule has 2 aromatic rings. The van der Waals surface area contributed by atoms with Gasteiger partial charge in [-0.3, -0.25) is 0 Å². The quantitative estimate of drug-likeness (QED) is 0.366. The molecule has 40 heavy (non-hydrogen) atoms. The summed E-state index contributed by atoms with van der Waals surface area (Å²) in [6.45, 7) is 11.5. The number of benzene rings is 1. The minimum Gasteiger partial charge on any atom is -0.390 e. The molecule has 5 rings (SSSR count). The average Bonchev–Trinajstić information content (AvgIpc) is 2.89. The largest absolute Gasteiger partial charge is 0.421 e. The van der Waals surface area contributed by atoms with E-state index in [1.165, 1.54) is 43.7 Å². The first kappa shape index (κ1) is 29.5. The van der Waals surface area contributed by atoms with Crippen molar-refractivity contribution in [2.45, 2.75) is 101 Å². The van der Waals surface area contributed by atoms with E-state index < -0.39 is 17.3 Å². The van der Waals surface area contributed by atoms with Crippen LogP contribution in [0.2, 0.25) is 0 Å². The molecule has 3 fully saturated rings. The molecule has 6 nitrogen and oxygen atoms in total. The van der Waals surface area contributed by atoms with Crippen molar-refractivity contribution in [1.82, 2.24) is 14.9 Å². The second-order valence-corrected chi connectivity index (χ2v) is 13.7. The third kappa shape index (κ3) is 6.39. The van der Waals surface area contributed by atoms with Crippen LogP contribution in [0, 0.1) is 12.3 Å². The normalized spacial score (nSPS) is 21.6. The van der Waals surface area contributed by atoms with Crippen LogP contribution in [0.4, 0.5) is 30.6 Å². The van der Waals surface area contributed by atoms with Crippen molar-refractivity contribution in [1.29, 1.82) is 0 Å². The number of aliphatic hydroxyl groups is 1. The van der Waals surface area contributed by atoms with E-state index in [1.54, 1.807) is 4.90 Å². The number of thioether (sulfide) groups is 1. The van der Waals surface area contributed by atoms with Gasteiger partial charge in [0.15, 0.2) is 0 Å². The molecule has 1 saturated carbocycles. The highest BCUT2D eigenvalue weighted by Crippen LogP contribution is 2.55. The molecule has 0 unspecified atom stereocenters. The van der Waals surface area contributed by atoms with Crippen LogP contribution in [-0.2, 0) is 6.18 Å². The van der Waals surface area contributed by atoms with Crippen molar-refractivity contribution in [2.75, 3.05) is 36.4 Å². The molecule has 1 aromatic heterocycles. The Morgan fingerprint density at radius 3 is 2.35 bits per heavy atom. The summed E-state index contributed by atoms with van der Waals surface area (Å²) in [5.41, 5.74) is 0.628. The Hall–Kier alpha value is -2.04. The number of aromatic nitrogens is 2. The summed E-state index contributed by atoms with van der Waals surface area (Å²) < 4.78 is 41.4. The predicted octanol–water partition coefficient (Wildman–Crippen LogP) is 7.03. The van der Waals surface area contributed by atoms with Crippen LogP contribution < -0.4 is 10.2 Å². The third-order valence-corrected chi connectivity index (χ3v) is 10.6. The minimum atomic E-state index is -4.56. The fraction of sp³-hybridized carbons (Fsp3) is 0.667. The zero-order chi connectivity index (χ0) is 28.7. The lowest BCUT2D eigenvalue weighted by Gasteiger charge is -2.52. The number of nitrogens with one attached hydrogen (secondary N) is 1. The number of hydrogen-bond donors (Lipinski definition) is 2. The van der Waals surface area contributed by atoms with Crippen molar-refractivity contribution < 1.29 is 18.3 Å². The first-order chi connectivity index (χ1) is 18.9. The minimum absolute atomic E-state index is 0.133. The number of aryl methyl sites for hydroxylation is 1. The molecule has 0 radical (unpaired) electrons. The highest BCUT2D eigenvalue weighted by atomic mass is 32.2. The number of halogens is 3. The van der Waals surface area contributed by atoms with Gasteiger partial charge in [-0.05, 0) is 108 Å². The lowest BCUT2D eigenvalue weighted by atomic mass is 9.63. The number of alkyl halides is 3. The Balaban J connectivity index is 1.23. The van der Waals surface area contributed by atoms with E-state index in [-0.39, 0.29) is 11.8 Å².